The zero-order chi connectivity index (χ0) is 23.6. The van der Waals surface area contributed by atoms with E-state index in [1.54, 1.807) is 0 Å². The first kappa shape index (κ1) is 23.3. The Balaban J connectivity index is 1.48. The second-order valence-corrected chi connectivity index (χ2v) is 8.36. The van der Waals surface area contributed by atoms with Crippen molar-refractivity contribution in [2.24, 2.45) is 0 Å². The number of likely N-dealkylation sites (tertiary alicyclic amines) is 1. The van der Waals surface area contributed by atoms with E-state index in [0.29, 0.717) is 45.1 Å². The van der Waals surface area contributed by atoms with Gasteiger partial charge in [-0.1, -0.05) is 12.1 Å². The largest absolute Gasteiger partial charge is 0.483 e. The summed E-state index contributed by atoms with van der Waals surface area (Å²) in [6.07, 6.45) is -4.29. The van der Waals surface area contributed by atoms with Crippen LogP contribution in [0.5, 0.6) is 5.75 Å². The predicted octanol–water partition coefficient (Wildman–Crippen LogP) is 5.07. The van der Waals surface area contributed by atoms with E-state index in [9.17, 15) is 26.7 Å². The van der Waals surface area contributed by atoms with Gasteiger partial charge >= 0.3 is 12.3 Å². The number of halogens is 5. The van der Waals surface area contributed by atoms with E-state index in [4.69, 9.17) is 9.47 Å². The van der Waals surface area contributed by atoms with Gasteiger partial charge in [0.1, 0.15) is 17.5 Å². The van der Waals surface area contributed by atoms with Gasteiger partial charge in [-0.2, -0.15) is 13.2 Å². The molecule has 2 heterocycles. The number of alkyl carbamates (subject to hydrolysis) is 1. The second-order valence-electron chi connectivity index (χ2n) is 8.36. The molecule has 4 rings (SSSR count). The molecule has 1 spiro atoms. The lowest BCUT2D eigenvalue weighted by atomic mass is 9.91. The van der Waals surface area contributed by atoms with Crippen molar-refractivity contribution in [2.45, 2.75) is 37.1 Å². The third-order valence-electron chi connectivity index (χ3n) is 6.09. The number of ether oxygens (including phenoxy) is 2. The van der Waals surface area contributed by atoms with E-state index in [-0.39, 0.29) is 17.7 Å². The lowest BCUT2D eigenvalue weighted by Crippen LogP contribution is -2.47. The van der Waals surface area contributed by atoms with E-state index in [2.05, 4.69) is 10.2 Å². The van der Waals surface area contributed by atoms with Crippen LogP contribution in [0, 0.1) is 11.6 Å². The smallest absolute Gasteiger partial charge is 0.416 e. The van der Waals surface area contributed by atoms with Gasteiger partial charge in [-0.15, -0.1) is 0 Å². The molecular weight excluding hydrogens is 447 g/mol. The number of alkyl halides is 3. The number of carbonyl (C=O) groups excluding carboxylic acids is 1. The van der Waals surface area contributed by atoms with Gasteiger partial charge in [0.05, 0.1) is 12.1 Å². The Morgan fingerprint density at radius 2 is 1.88 bits per heavy atom. The molecule has 2 aromatic rings. The zero-order valence-corrected chi connectivity index (χ0v) is 17.6. The molecule has 10 heteroatoms. The first-order chi connectivity index (χ1) is 15.6. The first-order valence-corrected chi connectivity index (χ1v) is 10.6. The van der Waals surface area contributed by atoms with Crippen molar-refractivity contribution in [3.8, 4) is 5.75 Å². The SMILES string of the molecule is O=C1NCC2(CCN(CCC(Oc3ccc(F)cc3F)c3cccc(C(F)(F)F)c3)CC2)O1. The average molecular weight is 470 g/mol. The Kier molecular flexibility index (Phi) is 6.47. The number of benzene rings is 2. The van der Waals surface area contributed by atoms with Crippen molar-refractivity contribution in [1.82, 2.24) is 10.2 Å². The molecule has 1 N–H and O–H groups in total. The third-order valence-corrected chi connectivity index (χ3v) is 6.09. The molecule has 0 radical (unpaired) electrons. The summed E-state index contributed by atoms with van der Waals surface area (Å²) in [5.74, 6) is -1.94. The van der Waals surface area contributed by atoms with Crippen molar-refractivity contribution >= 4 is 6.09 Å². The Hall–Kier alpha value is -2.88. The van der Waals surface area contributed by atoms with E-state index in [1.807, 2.05) is 0 Å². The summed E-state index contributed by atoms with van der Waals surface area (Å²) in [4.78, 5) is 13.5. The highest BCUT2D eigenvalue weighted by Gasteiger charge is 2.42. The van der Waals surface area contributed by atoms with Crippen LogP contribution in [0.4, 0.5) is 26.7 Å². The van der Waals surface area contributed by atoms with Crippen molar-refractivity contribution in [3.63, 3.8) is 0 Å². The number of hydrogen-bond donors (Lipinski definition) is 1. The molecule has 0 aromatic heterocycles. The maximum Gasteiger partial charge on any atom is 0.416 e. The highest BCUT2D eigenvalue weighted by molar-refractivity contribution is 5.70. The lowest BCUT2D eigenvalue weighted by Gasteiger charge is -2.37. The summed E-state index contributed by atoms with van der Waals surface area (Å²) in [6.45, 7) is 2.20. The average Bonchev–Trinajstić information content (AvgIpc) is 3.13. The Labute approximate surface area is 187 Å². The predicted molar refractivity (Wildman–Crippen MR) is 109 cm³/mol. The number of amides is 1. The van der Waals surface area contributed by atoms with Gasteiger partial charge in [0.2, 0.25) is 0 Å². The standard InChI is InChI=1S/C23H23F5N2O3/c24-17-4-5-20(18(25)13-17)32-19(15-2-1-3-16(12-15)23(26,27)28)6-9-30-10-7-22(8-11-30)14-29-21(31)33-22/h1-5,12-13,19H,6-11,14H2,(H,29,31). The quantitative estimate of drug-likeness (QED) is 0.600. The number of rotatable bonds is 6. The van der Waals surface area contributed by atoms with Gasteiger partial charge in [-0.05, 0) is 29.8 Å². The summed E-state index contributed by atoms with van der Waals surface area (Å²) in [7, 11) is 0. The van der Waals surface area contributed by atoms with E-state index >= 15 is 0 Å². The van der Waals surface area contributed by atoms with Crippen LogP contribution in [-0.4, -0.2) is 42.8 Å². The minimum Gasteiger partial charge on any atom is -0.483 e. The van der Waals surface area contributed by atoms with Crippen LogP contribution >= 0.6 is 0 Å². The number of piperidine rings is 1. The molecule has 2 aliphatic heterocycles. The first-order valence-electron chi connectivity index (χ1n) is 10.6. The van der Waals surface area contributed by atoms with Crippen molar-refractivity contribution in [1.29, 1.82) is 0 Å². The van der Waals surface area contributed by atoms with E-state index < -0.39 is 41.2 Å². The number of hydrogen-bond acceptors (Lipinski definition) is 4. The molecule has 2 fully saturated rings. The molecule has 0 bridgehead atoms. The molecule has 1 unspecified atom stereocenters. The summed E-state index contributed by atoms with van der Waals surface area (Å²) >= 11 is 0. The molecular formula is C23H23F5N2O3. The number of carbonyl (C=O) groups is 1. The van der Waals surface area contributed by atoms with Crippen molar-refractivity contribution in [3.05, 3.63) is 65.2 Å². The Morgan fingerprint density at radius 3 is 2.52 bits per heavy atom. The fourth-order valence-corrected chi connectivity index (χ4v) is 4.20. The molecule has 178 valence electrons. The maximum atomic E-state index is 14.2. The maximum absolute atomic E-state index is 14.2. The fraction of sp³-hybridized carbons (Fsp3) is 0.435. The van der Waals surface area contributed by atoms with Gasteiger partial charge in [-0.3, -0.25) is 0 Å². The molecule has 2 aromatic carbocycles. The van der Waals surface area contributed by atoms with Crippen LogP contribution in [0.25, 0.3) is 0 Å². The molecule has 1 atom stereocenters. The highest BCUT2D eigenvalue weighted by atomic mass is 19.4. The van der Waals surface area contributed by atoms with Gasteiger partial charge in [0.25, 0.3) is 0 Å². The molecule has 2 aliphatic rings. The minimum atomic E-state index is -4.53. The summed E-state index contributed by atoms with van der Waals surface area (Å²) in [6, 6.07) is 7.54. The molecule has 5 nitrogen and oxygen atoms in total. The molecule has 1 amide bonds. The van der Waals surface area contributed by atoms with Gasteiger partial charge in [0.15, 0.2) is 11.6 Å². The summed E-state index contributed by atoms with van der Waals surface area (Å²) < 4.78 is 78.3. The number of nitrogens with zero attached hydrogens (tertiary/aromatic N) is 1. The third kappa shape index (κ3) is 5.55. The lowest BCUT2D eigenvalue weighted by molar-refractivity contribution is -0.137. The van der Waals surface area contributed by atoms with Crippen LogP contribution in [0.15, 0.2) is 42.5 Å². The normalized spacial score (nSPS) is 19.2. The molecule has 2 saturated heterocycles. The Morgan fingerprint density at radius 1 is 1.12 bits per heavy atom. The van der Waals surface area contributed by atoms with Crippen LogP contribution in [0.2, 0.25) is 0 Å². The van der Waals surface area contributed by atoms with Crippen LogP contribution in [-0.2, 0) is 10.9 Å². The van der Waals surface area contributed by atoms with E-state index in [0.717, 1.165) is 24.3 Å². The number of nitrogens with one attached hydrogen (secondary N) is 1. The second kappa shape index (κ2) is 9.17. The van der Waals surface area contributed by atoms with Crippen molar-refractivity contribution < 1.29 is 36.2 Å². The summed E-state index contributed by atoms with van der Waals surface area (Å²) in [5.41, 5.74) is -1.10. The topological polar surface area (TPSA) is 50.8 Å². The van der Waals surface area contributed by atoms with Crippen molar-refractivity contribution in [2.75, 3.05) is 26.2 Å². The van der Waals surface area contributed by atoms with Crippen LogP contribution < -0.4 is 10.1 Å². The summed E-state index contributed by atoms with van der Waals surface area (Å²) in [5, 5.41) is 2.67. The van der Waals surface area contributed by atoms with E-state index in [1.165, 1.54) is 12.1 Å². The monoisotopic (exact) mass is 470 g/mol. The van der Waals surface area contributed by atoms with Crippen LogP contribution in [0.3, 0.4) is 0 Å². The van der Waals surface area contributed by atoms with Gasteiger partial charge in [0, 0.05) is 45.0 Å². The van der Waals surface area contributed by atoms with Gasteiger partial charge < -0.3 is 19.7 Å². The Bertz CT molecular complexity index is 1010. The molecule has 33 heavy (non-hydrogen) atoms. The molecule has 0 saturated carbocycles. The molecule has 0 aliphatic carbocycles. The van der Waals surface area contributed by atoms with Crippen LogP contribution in [0.1, 0.15) is 36.5 Å². The van der Waals surface area contributed by atoms with Gasteiger partial charge in [-0.25, -0.2) is 13.6 Å². The highest BCUT2D eigenvalue weighted by Crippen LogP contribution is 2.34. The minimum absolute atomic E-state index is 0.236. The zero-order valence-electron chi connectivity index (χ0n) is 17.6. The fourth-order valence-electron chi connectivity index (χ4n) is 4.20.